The predicted octanol–water partition coefficient (Wildman–Crippen LogP) is 5.90. The van der Waals surface area contributed by atoms with E-state index in [0.29, 0.717) is 56.7 Å². The van der Waals surface area contributed by atoms with Crippen LogP contribution in [-0.2, 0) is 21.5 Å². The number of aliphatic hydroxyl groups is 1. The van der Waals surface area contributed by atoms with Gasteiger partial charge in [0.05, 0.1) is 43.1 Å². The van der Waals surface area contributed by atoms with Gasteiger partial charge in [0.1, 0.15) is 11.6 Å². The number of piperidine rings is 2. The first-order valence-corrected chi connectivity index (χ1v) is 19.1. The van der Waals surface area contributed by atoms with Crippen molar-refractivity contribution in [2.45, 2.75) is 81.5 Å². The highest BCUT2D eigenvalue weighted by molar-refractivity contribution is 5.69. The van der Waals surface area contributed by atoms with Gasteiger partial charge in [0.2, 0.25) is 0 Å². The van der Waals surface area contributed by atoms with Crippen molar-refractivity contribution in [1.29, 1.82) is 5.26 Å². The van der Waals surface area contributed by atoms with Gasteiger partial charge < -0.3 is 24.5 Å². The van der Waals surface area contributed by atoms with E-state index >= 15 is 13.2 Å². The average Bonchev–Trinajstić information content (AvgIpc) is 3.55. The van der Waals surface area contributed by atoms with E-state index in [4.69, 9.17) is 4.74 Å². The topological polar surface area (TPSA) is 83.3 Å². The molecule has 0 unspecified atom stereocenters. The quantitative estimate of drug-likeness (QED) is 0.271. The van der Waals surface area contributed by atoms with Crippen molar-refractivity contribution in [2.24, 2.45) is 17.8 Å². The van der Waals surface area contributed by atoms with Crippen LogP contribution in [0, 0.1) is 40.7 Å². The highest BCUT2D eigenvalue weighted by Crippen LogP contribution is 2.54. The second-order valence-electron chi connectivity index (χ2n) is 16.8. The molecule has 2 aromatic rings. The molecule has 8 nitrogen and oxygen atoms in total. The van der Waals surface area contributed by atoms with Gasteiger partial charge in [0.15, 0.2) is 5.67 Å². The molecule has 0 aromatic heterocycles. The molecule has 0 bridgehead atoms. The lowest BCUT2D eigenvalue weighted by Gasteiger charge is -2.54. The minimum absolute atomic E-state index is 0.0837. The highest BCUT2D eigenvalue weighted by Gasteiger charge is 2.54. The molecule has 3 saturated heterocycles. The Morgan fingerprint density at radius 1 is 1.06 bits per heavy atom. The van der Waals surface area contributed by atoms with E-state index in [1.807, 2.05) is 25.9 Å². The lowest BCUT2D eigenvalue weighted by molar-refractivity contribution is -0.142. The number of anilines is 1. The molecule has 3 heterocycles. The van der Waals surface area contributed by atoms with Crippen molar-refractivity contribution in [2.75, 3.05) is 78.5 Å². The van der Waals surface area contributed by atoms with Gasteiger partial charge in [-0.05, 0) is 126 Å². The van der Waals surface area contributed by atoms with Crippen molar-refractivity contribution < 1.29 is 27.8 Å². The fraction of sp³-hybridized carbons (Fsp3) is 0.659. The molecule has 3 aliphatic heterocycles. The van der Waals surface area contributed by atoms with Crippen LogP contribution in [0.1, 0.15) is 75.0 Å². The molecule has 0 radical (unpaired) electrons. The van der Waals surface area contributed by atoms with E-state index in [0.717, 1.165) is 56.3 Å². The number of esters is 1. The maximum atomic E-state index is 16.3. The third kappa shape index (κ3) is 8.30. The zero-order valence-corrected chi connectivity index (χ0v) is 31.4. The molecule has 0 spiro atoms. The standard InChI is InChI=1S/C41H56F3N5O3/c1-39(51)13-17-48(18-14-39)28-41(33-8-6-9-34(42)22-33,35-10-5-7-29(35)21-38(50)52-4)32-11-15-47(16-12-32)25-40(44)26-49(27-40)37-20-31(24-46(2)3)30(23-45)19-36(37)43/h6,8-9,19-20,22,29,32,35,51H,5,7,10-18,21,24-28H2,1-4H3/t29-,35+,41+/m1/s1. The molecule has 2 aromatic carbocycles. The van der Waals surface area contributed by atoms with Gasteiger partial charge in [-0.1, -0.05) is 18.6 Å². The zero-order chi connectivity index (χ0) is 37.3. The van der Waals surface area contributed by atoms with Gasteiger partial charge in [-0.15, -0.1) is 0 Å². The first kappa shape index (κ1) is 38.6. The van der Waals surface area contributed by atoms with Crippen molar-refractivity contribution in [1.82, 2.24) is 14.7 Å². The summed E-state index contributed by atoms with van der Waals surface area (Å²) in [5, 5.41) is 20.3. The van der Waals surface area contributed by atoms with Gasteiger partial charge in [0.25, 0.3) is 0 Å². The summed E-state index contributed by atoms with van der Waals surface area (Å²) >= 11 is 0. The first-order valence-electron chi connectivity index (χ1n) is 19.1. The zero-order valence-electron chi connectivity index (χ0n) is 31.4. The number of carbonyl (C=O) groups is 1. The average molecular weight is 724 g/mol. The molecule has 1 aliphatic carbocycles. The highest BCUT2D eigenvalue weighted by atomic mass is 19.1. The van der Waals surface area contributed by atoms with Crippen LogP contribution in [0.25, 0.3) is 0 Å². The molecular weight excluding hydrogens is 667 g/mol. The Hall–Kier alpha value is -3.17. The summed E-state index contributed by atoms with van der Waals surface area (Å²) in [4.78, 5) is 21.0. The minimum Gasteiger partial charge on any atom is -0.469 e. The van der Waals surface area contributed by atoms with Crippen LogP contribution in [0.4, 0.5) is 18.9 Å². The second-order valence-corrected chi connectivity index (χ2v) is 16.8. The number of likely N-dealkylation sites (tertiary alicyclic amines) is 2. The van der Waals surface area contributed by atoms with Crippen molar-refractivity contribution in [3.8, 4) is 6.07 Å². The summed E-state index contributed by atoms with van der Waals surface area (Å²) in [7, 11) is 5.21. The largest absolute Gasteiger partial charge is 0.469 e. The number of halogens is 3. The van der Waals surface area contributed by atoms with Gasteiger partial charge in [-0.2, -0.15) is 5.26 Å². The smallest absolute Gasteiger partial charge is 0.305 e. The van der Waals surface area contributed by atoms with E-state index in [1.54, 1.807) is 23.1 Å². The molecule has 1 saturated carbocycles. The van der Waals surface area contributed by atoms with E-state index in [-0.39, 0.29) is 49.2 Å². The van der Waals surface area contributed by atoms with Crippen LogP contribution >= 0.6 is 0 Å². The van der Waals surface area contributed by atoms with Crippen LogP contribution < -0.4 is 4.90 Å². The van der Waals surface area contributed by atoms with Crippen LogP contribution in [0.5, 0.6) is 0 Å². The Morgan fingerprint density at radius 2 is 1.77 bits per heavy atom. The number of alkyl halides is 1. The van der Waals surface area contributed by atoms with Crippen molar-refractivity contribution in [3.05, 3.63) is 64.7 Å². The summed E-state index contributed by atoms with van der Waals surface area (Å²) in [6.45, 7) is 6.38. The van der Waals surface area contributed by atoms with Crippen molar-refractivity contribution >= 4 is 11.7 Å². The summed E-state index contributed by atoms with van der Waals surface area (Å²) in [5.74, 6) is -0.577. The maximum absolute atomic E-state index is 16.3. The van der Waals surface area contributed by atoms with Crippen LogP contribution in [0.3, 0.4) is 0 Å². The lowest BCUT2D eigenvalue weighted by Crippen LogP contribution is -2.65. The third-order valence-electron chi connectivity index (χ3n) is 12.6. The number of nitrogens with zero attached hydrogens (tertiary/aromatic N) is 5. The lowest BCUT2D eigenvalue weighted by atomic mass is 9.56. The number of rotatable bonds is 12. The van der Waals surface area contributed by atoms with Gasteiger partial charge in [0, 0.05) is 44.6 Å². The molecule has 1 N–H and O–H groups in total. The number of nitriles is 1. The summed E-state index contributed by atoms with van der Waals surface area (Å²) in [5.41, 5.74) is -0.319. The molecule has 6 rings (SSSR count). The molecule has 284 valence electrons. The summed E-state index contributed by atoms with van der Waals surface area (Å²) in [6.07, 6.45) is 6.14. The molecule has 4 aliphatic rings. The van der Waals surface area contributed by atoms with E-state index in [1.165, 1.54) is 19.2 Å². The van der Waals surface area contributed by atoms with Crippen LogP contribution in [0.15, 0.2) is 36.4 Å². The Balaban J connectivity index is 1.21. The van der Waals surface area contributed by atoms with Crippen LogP contribution in [-0.4, -0.2) is 111 Å². The van der Waals surface area contributed by atoms with Gasteiger partial charge in [-0.3, -0.25) is 9.69 Å². The third-order valence-corrected chi connectivity index (χ3v) is 12.6. The Labute approximate surface area is 307 Å². The molecule has 3 atom stereocenters. The fourth-order valence-corrected chi connectivity index (χ4v) is 10.0. The number of hydrogen-bond donors (Lipinski definition) is 1. The van der Waals surface area contributed by atoms with Gasteiger partial charge >= 0.3 is 5.97 Å². The summed E-state index contributed by atoms with van der Waals surface area (Å²) < 4.78 is 51.7. The number of carbonyl (C=O) groups excluding carboxylic acids is 1. The number of benzene rings is 2. The monoisotopic (exact) mass is 723 g/mol. The number of hydrogen-bond acceptors (Lipinski definition) is 8. The Bertz CT molecular complexity index is 1610. The van der Waals surface area contributed by atoms with Crippen LogP contribution in [0.2, 0.25) is 0 Å². The SMILES string of the molecule is COC(=O)C[C@H]1CCC[C@@H]1[C@](CN1CCC(C)(O)CC1)(c1cccc(F)c1)C1CCN(CC2(F)CN(c3cc(CN(C)C)c(C#N)cc3F)C2)CC1. The number of methoxy groups -OCH3 is 1. The predicted molar refractivity (Wildman–Crippen MR) is 196 cm³/mol. The van der Waals surface area contributed by atoms with Gasteiger partial charge in [-0.25, -0.2) is 13.2 Å². The molecule has 52 heavy (non-hydrogen) atoms. The Kier molecular flexibility index (Phi) is 11.6. The minimum atomic E-state index is -1.49. The fourth-order valence-electron chi connectivity index (χ4n) is 10.0. The Morgan fingerprint density at radius 3 is 2.40 bits per heavy atom. The molecule has 11 heteroatoms. The number of ether oxygens (including phenoxy) is 1. The molecule has 0 amide bonds. The molecular formula is C41H56F3N5O3. The summed E-state index contributed by atoms with van der Waals surface area (Å²) in [6, 6.07) is 12.1. The van der Waals surface area contributed by atoms with E-state index < -0.39 is 22.5 Å². The second kappa shape index (κ2) is 15.7. The first-order chi connectivity index (χ1) is 24.7. The normalized spacial score (nSPS) is 25.0. The maximum Gasteiger partial charge on any atom is 0.305 e. The van der Waals surface area contributed by atoms with E-state index in [9.17, 15) is 15.2 Å². The van der Waals surface area contributed by atoms with E-state index in [2.05, 4.69) is 21.9 Å². The molecule has 4 fully saturated rings. The van der Waals surface area contributed by atoms with Crippen molar-refractivity contribution in [3.63, 3.8) is 0 Å².